The Bertz CT molecular complexity index is 714. The van der Waals surface area contributed by atoms with Gasteiger partial charge < -0.3 is 9.72 Å². The molecule has 2 aromatic heterocycles. The number of carbonyl (C=O) groups is 1. The zero-order valence-electron chi connectivity index (χ0n) is 10.6. The number of fused-ring (bicyclic) bond motifs is 1. The molecule has 0 radical (unpaired) electrons. The van der Waals surface area contributed by atoms with E-state index in [9.17, 15) is 9.59 Å². The Hall–Kier alpha value is -2.37. The molecule has 0 saturated carbocycles. The molecule has 1 aliphatic heterocycles. The maximum absolute atomic E-state index is 12.1. The third-order valence-electron chi connectivity index (χ3n) is 3.33. The quantitative estimate of drug-likeness (QED) is 0.770. The molecule has 98 valence electrons. The third kappa shape index (κ3) is 1.85. The van der Waals surface area contributed by atoms with Crippen LogP contribution in [0, 0.1) is 6.92 Å². The largest absolute Gasteiger partial charge is 0.426 e. The number of carbonyl (C=O) groups excluding carboxylic acids is 1. The van der Waals surface area contributed by atoms with Crippen molar-refractivity contribution in [2.24, 2.45) is 7.05 Å². The molecule has 19 heavy (non-hydrogen) atoms. The second-order valence-corrected chi connectivity index (χ2v) is 4.67. The Morgan fingerprint density at radius 2 is 2.26 bits per heavy atom. The van der Waals surface area contributed by atoms with Crippen LogP contribution in [0.25, 0.3) is 0 Å². The normalized spacial score (nSPS) is 18.0. The maximum atomic E-state index is 12.1. The van der Waals surface area contributed by atoms with E-state index in [1.807, 2.05) is 6.07 Å². The number of pyridine rings is 1. The molecule has 0 unspecified atom stereocenters. The minimum atomic E-state index is -0.330. The van der Waals surface area contributed by atoms with E-state index in [2.05, 4.69) is 10.1 Å². The number of H-pyrrole nitrogens is 1. The summed E-state index contributed by atoms with van der Waals surface area (Å²) in [7, 11) is 1.79. The van der Waals surface area contributed by atoms with Crippen molar-refractivity contribution in [3.05, 3.63) is 45.6 Å². The Morgan fingerprint density at radius 1 is 1.47 bits per heavy atom. The Balaban J connectivity index is 2.23. The third-order valence-corrected chi connectivity index (χ3v) is 3.33. The first-order valence-corrected chi connectivity index (χ1v) is 5.98. The van der Waals surface area contributed by atoms with E-state index in [0.29, 0.717) is 17.0 Å². The van der Waals surface area contributed by atoms with Crippen molar-refractivity contribution in [3.8, 4) is 5.75 Å². The number of ether oxygens (including phenoxy) is 1. The van der Waals surface area contributed by atoms with Crippen molar-refractivity contribution in [2.45, 2.75) is 19.3 Å². The first-order chi connectivity index (χ1) is 9.06. The smallest absolute Gasteiger partial charge is 0.312 e. The van der Waals surface area contributed by atoms with Gasteiger partial charge in [0.15, 0.2) is 0 Å². The lowest BCUT2D eigenvalue weighted by Crippen LogP contribution is -2.29. The summed E-state index contributed by atoms with van der Waals surface area (Å²) in [5.41, 5.74) is 1.77. The minimum Gasteiger partial charge on any atom is -0.426 e. The SMILES string of the molecule is Cc1cc2c(c(=O)[nH]1)[C@H](c1ccnn1C)CC(=O)O2. The fourth-order valence-corrected chi connectivity index (χ4v) is 2.49. The molecule has 0 aromatic carbocycles. The molecule has 0 spiro atoms. The summed E-state index contributed by atoms with van der Waals surface area (Å²) < 4.78 is 6.85. The van der Waals surface area contributed by atoms with Gasteiger partial charge in [-0.1, -0.05) is 0 Å². The van der Waals surface area contributed by atoms with Gasteiger partial charge in [0.2, 0.25) is 0 Å². The summed E-state index contributed by atoms with van der Waals surface area (Å²) >= 11 is 0. The number of rotatable bonds is 1. The highest BCUT2D eigenvalue weighted by Gasteiger charge is 2.32. The summed E-state index contributed by atoms with van der Waals surface area (Å²) in [4.78, 5) is 26.6. The number of hydrogen-bond acceptors (Lipinski definition) is 4. The van der Waals surface area contributed by atoms with Gasteiger partial charge in [-0.2, -0.15) is 5.10 Å². The molecule has 0 amide bonds. The van der Waals surface area contributed by atoms with Crippen LogP contribution in [0.3, 0.4) is 0 Å². The number of nitrogens with one attached hydrogen (secondary N) is 1. The van der Waals surface area contributed by atoms with Crippen molar-refractivity contribution in [1.29, 1.82) is 0 Å². The number of esters is 1. The summed E-state index contributed by atoms with van der Waals surface area (Å²) in [6, 6.07) is 3.49. The van der Waals surface area contributed by atoms with Gasteiger partial charge in [-0.3, -0.25) is 14.3 Å². The monoisotopic (exact) mass is 259 g/mol. The van der Waals surface area contributed by atoms with E-state index >= 15 is 0 Å². The van der Waals surface area contributed by atoms with Gasteiger partial charge in [-0.25, -0.2) is 0 Å². The van der Waals surface area contributed by atoms with Gasteiger partial charge in [-0.05, 0) is 13.0 Å². The number of aromatic amines is 1. The van der Waals surface area contributed by atoms with Gasteiger partial charge in [0.05, 0.1) is 12.0 Å². The summed E-state index contributed by atoms with van der Waals surface area (Å²) in [6.45, 7) is 1.75. The lowest BCUT2D eigenvalue weighted by Gasteiger charge is -2.23. The van der Waals surface area contributed by atoms with Crippen LogP contribution in [-0.2, 0) is 11.8 Å². The predicted molar refractivity (Wildman–Crippen MR) is 67.1 cm³/mol. The van der Waals surface area contributed by atoms with E-state index < -0.39 is 0 Å². The highest BCUT2D eigenvalue weighted by Crippen LogP contribution is 2.35. The van der Waals surface area contributed by atoms with Gasteiger partial charge in [0.25, 0.3) is 5.56 Å². The topological polar surface area (TPSA) is 77.0 Å². The molecule has 0 saturated heterocycles. The standard InChI is InChI=1S/C13H13N3O3/c1-7-5-10-12(13(18)15-7)8(6-11(17)19-10)9-3-4-14-16(9)2/h3-5,8H,6H2,1-2H3,(H,15,18)/t8-/m0/s1. The van der Waals surface area contributed by atoms with E-state index in [-0.39, 0.29) is 23.9 Å². The molecule has 0 aliphatic carbocycles. The number of hydrogen-bond donors (Lipinski definition) is 1. The molecule has 1 atom stereocenters. The minimum absolute atomic E-state index is 0.151. The second-order valence-electron chi connectivity index (χ2n) is 4.67. The Morgan fingerprint density at radius 3 is 2.95 bits per heavy atom. The van der Waals surface area contributed by atoms with E-state index in [1.165, 1.54) is 0 Å². The van der Waals surface area contributed by atoms with Crippen LogP contribution in [0.5, 0.6) is 5.75 Å². The van der Waals surface area contributed by atoms with Crippen LogP contribution in [0.2, 0.25) is 0 Å². The summed E-state index contributed by atoms with van der Waals surface area (Å²) in [5.74, 6) is -0.291. The highest BCUT2D eigenvalue weighted by molar-refractivity contribution is 5.77. The molecule has 0 fully saturated rings. The fourth-order valence-electron chi connectivity index (χ4n) is 2.49. The predicted octanol–water partition coefficient (Wildman–Crippen LogP) is 0.858. The van der Waals surface area contributed by atoms with Crippen LogP contribution in [0.4, 0.5) is 0 Å². The molecule has 6 nitrogen and oxygen atoms in total. The van der Waals surface area contributed by atoms with E-state index in [4.69, 9.17) is 4.74 Å². The molecule has 1 aliphatic rings. The first kappa shape index (κ1) is 11.7. The first-order valence-electron chi connectivity index (χ1n) is 5.98. The zero-order chi connectivity index (χ0) is 13.6. The number of nitrogens with zero attached hydrogens (tertiary/aromatic N) is 2. The average molecular weight is 259 g/mol. The Kier molecular flexibility index (Phi) is 2.51. The van der Waals surface area contributed by atoms with Gasteiger partial charge >= 0.3 is 5.97 Å². The molecule has 2 aromatic rings. The molecule has 1 N–H and O–H groups in total. The van der Waals surface area contributed by atoms with Crippen LogP contribution in [0.15, 0.2) is 23.1 Å². The van der Waals surface area contributed by atoms with E-state index in [1.54, 1.807) is 30.9 Å². The van der Waals surface area contributed by atoms with Crippen molar-refractivity contribution >= 4 is 5.97 Å². The molecule has 0 bridgehead atoms. The summed E-state index contributed by atoms with van der Waals surface area (Å²) in [5, 5.41) is 4.09. The zero-order valence-corrected chi connectivity index (χ0v) is 10.6. The van der Waals surface area contributed by atoms with Gasteiger partial charge in [0.1, 0.15) is 5.75 Å². The van der Waals surface area contributed by atoms with Crippen molar-refractivity contribution < 1.29 is 9.53 Å². The molecule has 3 heterocycles. The molecular formula is C13H13N3O3. The number of aromatic nitrogens is 3. The molecular weight excluding hydrogens is 246 g/mol. The van der Waals surface area contributed by atoms with Gasteiger partial charge in [-0.15, -0.1) is 0 Å². The van der Waals surface area contributed by atoms with Crippen molar-refractivity contribution in [3.63, 3.8) is 0 Å². The number of aryl methyl sites for hydroxylation is 2. The van der Waals surface area contributed by atoms with Crippen LogP contribution >= 0.6 is 0 Å². The molecule has 3 rings (SSSR count). The lowest BCUT2D eigenvalue weighted by atomic mass is 9.90. The second kappa shape index (κ2) is 4.08. The molecule has 6 heteroatoms. The lowest BCUT2D eigenvalue weighted by molar-refractivity contribution is -0.135. The van der Waals surface area contributed by atoms with E-state index in [0.717, 1.165) is 5.69 Å². The van der Waals surface area contributed by atoms with Crippen LogP contribution in [-0.4, -0.2) is 20.7 Å². The van der Waals surface area contributed by atoms with Crippen molar-refractivity contribution in [2.75, 3.05) is 0 Å². The summed E-state index contributed by atoms with van der Waals surface area (Å²) in [6.07, 6.45) is 1.80. The van der Waals surface area contributed by atoms with Crippen molar-refractivity contribution in [1.82, 2.24) is 14.8 Å². The fraction of sp³-hybridized carbons (Fsp3) is 0.308. The Labute approximate surface area is 109 Å². The van der Waals surface area contributed by atoms with Crippen LogP contribution in [0.1, 0.15) is 29.3 Å². The average Bonchev–Trinajstić information content (AvgIpc) is 2.73. The highest BCUT2D eigenvalue weighted by atomic mass is 16.5. The maximum Gasteiger partial charge on any atom is 0.312 e. The van der Waals surface area contributed by atoms with Crippen LogP contribution < -0.4 is 10.3 Å². The van der Waals surface area contributed by atoms with Gasteiger partial charge in [0, 0.05) is 36.6 Å².